The number of hydrogen-bond acceptors (Lipinski definition) is 3. The highest BCUT2D eigenvalue weighted by Crippen LogP contribution is 2.31. The molecule has 0 saturated carbocycles. The van der Waals surface area contributed by atoms with Crippen LogP contribution < -0.4 is 10.1 Å². The lowest BCUT2D eigenvalue weighted by atomic mass is 10.1. The molecule has 0 aliphatic rings. The van der Waals surface area contributed by atoms with Crippen LogP contribution in [-0.2, 0) is 0 Å². The van der Waals surface area contributed by atoms with E-state index in [2.05, 4.69) is 12.2 Å². The minimum absolute atomic E-state index is 0.186. The summed E-state index contributed by atoms with van der Waals surface area (Å²) >= 11 is 6.08. The zero-order valence-corrected chi connectivity index (χ0v) is 11.3. The van der Waals surface area contributed by atoms with Crippen molar-refractivity contribution in [2.24, 2.45) is 5.92 Å². The average Bonchev–Trinajstić information content (AvgIpc) is 2.34. The standard InChI is InChI=1S/C13H20ClNO2/c1-4-10(8-16)7-15-12-6-11(14)9(2)5-13(12)17-3/h5-6,10,15-16H,4,7-8H2,1-3H3. The molecule has 0 radical (unpaired) electrons. The highest BCUT2D eigenvalue weighted by molar-refractivity contribution is 6.31. The van der Waals surface area contributed by atoms with Gasteiger partial charge in [-0.15, -0.1) is 0 Å². The van der Waals surface area contributed by atoms with E-state index in [9.17, 15) is 0 Å². The summed E-state index contributed by atoms with van der Waals surface area (Å²) in [7, 11) is 1.64. The van der Waals surface area contributed by atoms with Crippen molar-refractivity contribution in [1.29, 1.82) is 0 Å². The van der Waals surface area contributed by atoms with Crippen LogP contribution in [0.3, 0.4) is 0 Å². The van der Waals surface area contributed by atoms with E-state index in [0.29, 0.717) is 11.6 Å². The summed E-state index contributed by atoms with van der Waals surface area (Å²) in [5.74, 6) is 1.03. The van der Waals surface area contributed by atoms with Crippen molar-refractivity contribution in [3.63, 3.8) is 0 Å². The van der Waals surface area contributed by atoms with E-state index in [1.54, 1.807) is 7.11 Å². The Morgan fingerprint density at radius 1 is 1.47 bits per heavy atom. The van der Waals surface area contributed by atoms with Crippen LogP contribution in [-0.4, -0.2) is 25.4 Å². The van der Waals surface area contributed by atoms with Gasteiger partial charge in [-0.2, -0.15) is 0 Å². The van der Waals surface area contributed by atoms with Crippen LogP contribution in [0.1, 0.15) is 18.9 Å². The molecule has 0 amide bonds. The number of rotatable bonds is 6. The molecule has 0 fully saturated rings. The molecule has 4 heteroatoms. The number of hydrogen-bond donors (Lipinski definition) is 2. The summed E-state index contributed by atoms with van der Waals surface area (Å²) in [6, 6.07) is 3.77. The van der Waals surface area contributed by atoms with Crippen molar-refractivity contribution in [2.75, 3.05) is 25.6 Å². The topological polar surface area (TPSA) is 41.5 Å². The Kier molecular flexibility index (Phi) is 5.59. The van der Waals surface area contributed by atoms with Crippen LogP contribution in [0, 0.1) is 12.8 Å². The zero-order valence-electron chi connectivity index (χ0n) is 10.6. The van der Waals surface area contributed by atoms with Crippen molar-refractivity contribution in [2.45, 2.75) is 20.3 Å². The molecule has 17 heavy (non-hydrogen) atoms. The maximum atomic E-state index is 9.13. The molecule has 1 unspecified atom stereocenters. The summed E-state index contributed by atoms with van der Waals surface area (Å²) in [4.78, 5) is 0. The lowest BCUT2D eigenvalue weighted by Crippen LogP contribution is -2.17. The van der Waals surface area contributed by atoms with E-state index in [-0.39, 0.29) is 12.5 Å². The van der Waals surface area contributed by atoms with Gasteiger partial charge in [0.25, 0.3) is 0 Å². The molecule has 0 bridgehead atoms. The molecule has 2 N–H and O–H groups in total. The first kappa shape index (κ1) is 14.1. The lowest BCUT2D eigenvalue weighted by molar-refractivity contribution is 0.230. The molecular formula is C13H20ClNO2. The number of ether oxygens (including phenoxy) is 1. The molecule has 1 aromatic rings. The number of nitrogens with one attached hydrogen (secondary N) is 1. The van der Waals surface area contributed by atoms with E-state index in [0.717, 1.165) is 23.4 Å². The third-order valence-electron chi connectivity index (χ3n) is 2.90. The molecule has 0 aliphatic carbocycles. The predicted octanol–water partition coefficient (Wildman–Crippen LogP) is 3.09. The third-order valence-corrected chi connectivity index (χ3v) is 3.30. The fraction of sp³-hybridized carbons (Fsp3) is 0.538. The first-order valence-electron chi connectivity index (χ1n) is 5.81. The van der Waals surface area contributed by atoms with Gasteiger partial charge in [0.2, 0.25) is 0 Å². The molecule has 1 rings (SSSR count). The molecule has 0 aliphatic heterocycles. The van der Waals surface area contributed by atoms with Crippen LogP contribution in [0.5, 0.6) is 5.75 Å². The Labute approximate surface area is 108 Å². The van der Waals surface area contributed by atoms with Gasteiger partial charge in [-0.05, 0) is 37.0 Å². The highest BCUT2D eigenvalue weighted by Gasteiger charge is 2.09. The van der Waals surface area contributed by atoms with Crippen molar-refractivity contribution in [1.82, 2.24) is 0 Å². The second-order valence-electron chi connectivity index (χ2n) is 4.14. The molecule has 3 nitrogen and oxygen atoms in total. The Hall–Kier alpha value is -0.930. The predicted molar refractivity (Wildman–Crippen MR) is 72.1 cm³/mol. The molecule has 0 saturated heterocycles. The number of anilines is 1. The minimum Gasteiger partial charge on any atom is -0.495 e. The van der Waals surface area contributed by atoms with Gasteiger partial charge in [0.1, 0.15) is 5.75 Å². The lowest BCUT2D eigenvalue weighted by Gasteiger charge is -2.16. The molecule has 0 aromatic heterocycles. The van der Waals surface area contributed by atoms with Crippen molar-refractivity contribution >= 4 is 17.3 Å². The van der Waals surface area contributed by atoms with Crippen LogP contribution >= 0.6 is 11.6 Å². The summed E-state index contributed by atoms with van der Waals surface area (Å²) in [5.41, 5.74) is 1.86. The summed E-state index contributed by atoms with van der Waals surface area (Å²) in [6.07, 6.45) is 0.936. The van der Waals surface area contributed by atoms with Gasteiger partial charge in [0.15, 0.2) is 0 Å². The first-order chi connectivity index (χ1) is 8.12. The maximum Gasteiger partial charge on any atom is 0.142 e. The van der Waals surface area contributed by atoms with Crippen LogP contribution in [0.25, 0.3) is 0 Å². The number of aliphatic hydroxyl groups excluding tert-OH is 1. The number of benzene rings is 1. The van der Waals surface area contributed by atoms with Crippen LogP contribution in [0.2, 0.25) is 5.02 Å². The SMILES string of the molecule is CCC(CO)CNc1cc(Cl)c(C)cc1OC. The van der Waals surface area contributed by atoms with Crippen molar-refractivity contribution in [3.8, 4) is 5.75 Å². The van der Waals surface area contributed by atoms with Gasteiger partial charge >= 0.3 is 0 Å². The van der Waals surface area contributed by atoms with E-state index < -0.39 is 0 Å². The molecule has 1 atom stereocenters. The van der Waals surface area contributed by atoms with Gasteiger partial charge in [-0.25, -0.2) is 0 Å². The Bertz CT molecular complexity index is 365. The van der Waals surface area contributed by atoms with E-state index in [1.165, 1.54) is 0 Å². The quantitative estimate of drug-likeness (QED) is 0.823. The second-order valence-corrected chi connectivity index (χ2v) is 4.55. The van der Waals surface area contributed by atoms with Crippen molar-refractivity contribution in [3.05, 3.63) is 22.7 Å². The number of methoxy groups -OCH3 is 1. The smallest absolute Gasteiger partial charge is 0.142 e. The fourth-order valence-corrected chi connectivity index (χ4v) is 1.72. The zero-order chi connectivity index (χ0) is 12.8. The number of aryl methyl sites for hydroxylation is 1. The molecule has 0 heterocycles. The molecule has 0 spiro atoms. The summed E-state index contributed by atoms with van der Waals surface area (Å²) in [6.45, 7) is 4.90. The molecular weight excluding hydrogens is 238 g/mol. The van der Waals surface area contributed by atoms with E-state index in [1.807, 2.05) is 19.1 Å². The average molecular weight is 258 g/mol. The highest BCUT2D eigenvalue weighted by atomic mass is 35.5. The molecule has 96 valence electrons. The number of halogens is 1. The Morgan fingerprint density at radius 3 is 2.71 bits per heavy atom. The largest absolute Gasteiger partial charge is 0.495 e. The summed E-state index contributed by atoms with van der Waals surface area (Å²) < 4.78 is 5.30. The van der Waals surface area contributed by atoms with E-state index in [4.69, 9.17) is 21.4 Å². The summed E-state index contributed by atoms with van der Waals surface area (Å²) in [5, 5.41) is 13.1. The second kappa shape index (κ2) is 6.72. The minimum atomic E-state index is 0.186. The molecule has 1 aromatic carbocycles. The van der Waals surface area contributed by atoms with Gasteiger partial charge < -0.3 is 15.2 Å². The van der Waals surface area contributed by atoms with E-state index >= 15 is 0 Å². The Balaban J connectivity index is 2.79. The fourth-order valence-electron chi connectivity index (χ4n) is 1.55. The Morgan fingerprint density at radius 2 is 2.18 bits per heavy atom. The van der Waals surface area contributed by atoms with Gasteiger partial charge in [0.05, 0.1) is 12.8 Å². The van der Waals surface area contributed by atoms with Gasteiger partial charge in [0, 0.05) is 18.2 Å². The van der Waals surface area contributed by atoms with Crippen molar-refractivity contribution < 1.29 is 9.84 Å². The van der Waals surface area contributed by atoms with Gasteiger partial charge in [-0.1, -0.05) is 18.5 Å². The third kappa shape index (κ3) is 3.79. The number of aliphatic hydroxyl groups is 1. The first-order valence-corrected chi connectivity index (χ1v) is 6.19. The van der Waals surface area contributed by atoms with Crippen LogP contribution in [0.4, 0.5) is 5.69 Å². The normalized spacial score (nSPS) is 12.3. The maximum absolute atomic E-state index is 9.13. The monoisotopic (exact) mass is 257 g/mol. The van der Waals surface area contributed by atoms with Crippen LogP contribution in [0.15, 0.2) is 12.1 Å². The van der Waals surface area contributed by atoms with Gasteiger partial charge in [-0.3, -0.25) is 0 Å².